The van der Waals surface area contributed by atoms with Crippen LogP contribution < -0.4 is 10.5 Å². The van der Waals surface area contributed by atoms with Crippen molar-refractivity contribution < 1.29 is 0 Å². The second kappa shape index (κ2) is 9.08. The summed E-state index contributed by atoms with van der Waals surface area (Å²) in [4.78, 5) is 1.28. The van der Waals surface area contributed by atoms with Crippen LogP contribution in [-0.2, 0) is 0 Å². The maximum atomic E-state index is 5.50. The highest BCUT2D eigenvalue weighted by atomic mass is 32.2. The van der Waals surface area contributed by atoms with Crippen LogP contribution >= 0.6 is 11.9 Å². The molecule has 0 aromatic heterocycles. The summed E-state index contributed by atoms with van der Waals surface area (Å²) < 4.78 is 3.09. The Bertz CT molecular complexity index is 530. The molecule has 21 heavy (non-hydrogen) atoms. The number of benzene rings is 2. The van der Waals surface area contributed by atoms with Gasteiger partial charge in [0.15, 0.2) is 0 Å². The molecule has 1 saturated carbocycles. The lowest BCUT2D eigenvalue weighted by Gasteiger charge is -2.18. The fourth-order valence-electron chi connectivity index (χ4n) is 2.82. The van der Waals surface area contributed by atoms with Crippen molar-refractivity contribution >= 4 is 22.7 Å². The molecule has 1 aliphatic rings. The molecule has 0 amide bonds. The van der Waals surface area contributed by atoms with Crippen LogP contribution in [0.25, 0.3) is 10.8 Å². The Labute approximate surface area is 132 Å². The summed E-state index contributed by atoms with van der Waals surface area (Å²) in [6.45, 7) is 0.917. The summed E-state index contributed by atoms with van der Waals surface area (Å²) in [5.41, 5.74) is 5.50. The van der Waals surface area contributed by atoms with Gasteiger partial charge in [0, 0.05) is 4.90 Å². The van der Waals surface area contributed by atoms with Crippen molar-refractivity contribution in [3.63, 3.8) is 0 Å². The smallest absolute Gasteiger partial charge is 0.0306 e. The summed E-state index contributed by atoms with van der Waals surface area (Å²) >= 11 is 1.65. The van der Waals surface area contributed by atoms with Gasteiger partial charge in [0.25, 0.3) is 0 Å². The molecule has 0 aliphatic heterocycles. The highest BCUT2D eigenvalue weighted by Gasteiger charge is 2.09. The highest BCUT2D eigenvalue weighted by molar-refractivity contribution is 7.97. The van der Waals surface area contributed by atoms with E-state index in [9.17, 15) is 0 Å². The van der Waals surface area contributed by atoms with Crippen LogP contribution in [0.4, 0.5) is 0 Å². The van der Waals surface area contributed by atoms with E-state index in [4.69, 9.17) is 5.73 Å². The van der Waals surface area contributed by atoms with E-state index in [1.54, 1.807) is 11.9 Å². The second-order valence-electron chi connectivity index (χ2n) is 5.52. The van der Waals surface area contributed by atoms with Crippen LogP contribution in [0.3, 0.4) is 0 Å². The maximum Gasteiger partial charge on any atom is 0.0306 e. The quantitative estimate of drug-likeness (QED) is 0.814. The van der Waals surface area contributed by atoms with Crippen LogP contribution in [-0.4, -0.2) is 13.6 Å². The predicted molar refractivity (Wildman–Crippen MR) is 94.5 cm³/mol. The molecule has 0 unspecified atom stereocenters. The Balaban J connectivity index is 0.000000173. The molecule has 3 rings (SSSR count). The zero-order valence-electron chi connectivity index (χ0n) is 12.8. The van der Waals surface area contributed by atoms with Crippen molar-refractivity contribution in [1.29, 1.82) is 0 Å². The normalized spacial score (nSPS) is 15.5. The van der Waals surface area contributed by atoms with Crippen molar-refractivity contribution in [1.82, 2.24) is 4.72 Å². The molecule has 0 bridgehead atoms. The molecule has 2 aromatic rings. The fraction of sp³-hybridized carbons (Fsp3) is 0.444. The van der Waals surface area contributed by atoms with Crippen LogP contribution in [0.5, 0.6) is 0 Å². The molecular formula is C18H26N2S. The van der Waals surface area contributed by atoms with Gasteiger partial charge in [-0.3, -0.25) is 4.72 Å². The first-order valence-corrected chi connectivity index (χ1v) is 8.68. The lowest BCUT2D eigenvalue weighted by molar-refractivity contribution is 0.366. The number of rotatable bonds is 3. The monoisotopic (exact) mass is 302 g/mol. The van der Waals surface area contributed by atoms with Crippen molar-refractivity contribution in [3.8, 4) is 0 Å². The molecule has 0 saturated heterocycles. The SMILES string of the molecule is CNSc1cccc2ccccc12.NCC1CCCCC1. The van der Waals surface area contributed by atoms with E-state index in [1.807, 2.05) is 7.05 Å². The predicted octanol–water partition coefficient (Wildman–Crippen LogP) is 4.59. The third-order valence-electron chi connectivity index (χ3n) is 4.02. The number of hydrogen-bond donors (Lipinski definition) is 2. The first-order chi connectivity index (χ1) is 10.3. The van der Waals surface area contributed by atoms with E-state index in [0.29, 0.717) is 0 Å². The Kier molecular flexibility index (Phi) is 7.07. The van der Waals surface area contributed by atoms with Gasteiger partial charge < -0.3 is 5.73 Å². The molecule has 2 aromatic carbocycles. The van der Waals surface area contributed by atoms with E-state index >= 15 is 0 Å². The number of fused-ring (bicyclic) bond motifs is 1. The highest BCUT2D eigenvalue weighted by Crippen LogP contribution is 2.25. The molecule has 3 heteroatoms. The summed E-state index contributed by atoms with van der Waals surface area (Å²) in [6.07, 6.45) is 7.05. The van der Waals surface area contributed by atoms with Crippen molar-refractivity contribution in [2.45, 2.75) is 37.0 Å². The Hall–Kier alpha value is -1.03. The number of hydrogen-bond acceptors (Lipinski definition) is 3. The zero-order chi connectivity index (χ0) is 14.9. The van der Waals surface area contributed by atoms with Crippen molar-refractivity contribution in [2.24, 2.45) is 11.7 Å². The Morgan fingerprint density at radius 1 is 1.05 bits per heavy atom. The van der Waals surface area contributed by atoms with Gasteiger partial charge in [-0.1, -0.05) is 55.7 Å². The standard InChI is InChI=1S/C11H11NS.C7H15N/c1-12-13-11-8-4-6-9-5-2-3-7-10(9)11;8-6-7-4-2-1-3-5-7/h2-8,12H,1H3;7H,1-6,8H2. The second-order valence-corrected chi connectivity index (χ2v) is 6.58. The summed E-state index contributed by atoms with van der Waals surface area (Å²) in [6, 6.07) is 14.8. The maximum absolute atomic E-state index is 5.50. The van der Waals surface area contributed by atoms with E-state index in [1.165, 1.54) is 47.8 Å². The van der Waals surface area contributed by atoms with Gasteiger partial charge in [0.05, 0.1) is 0 Å². The Morgan fingerprint density at radius 2 is 1.76 bits per heavy atom. The summed E-state index contributed by atoms with van der Waals surface area (Å²) in [7, 11) is 1.94. The third-order valence-corrected chi connectivity index (χ3v) is 4.80. The van der Waals surface area contributed by atoms with Gasteiger partial charge in [-0.05, 0) is 61.1 Å². The summed E-state index contributed by atoms with van der Waals surface area (Å²) in [5.74, 6) is 0.865. The molecule has 0 radical (unpaired) electrons. The van der Waals surface area contributed by atoms with Crippen LogP contribution in [0.1, 0.15) is 32.1 Å². The minimum absolute atomic E-state index is 0.865. The van der Waals surface area contributed by atoms with E-state index in [0.717, 1.165) is 12.5 Å². The van der Waals surface area contributed by atoms with E-state index < -0.39 is 0 Å². The molecule has 2 nitrogen and oxygen atoms in total. The number of nitrogens with two attached hydrogens (primary N) is 1. The topological polar surface area (TPSA) is 38.0 Å². The molecule has 114 valence electrons. The molecular weight excluding hydrogens is 276 g/mol. The lowest BCUT2D eigenvalue weighted by atomic mass is 9.90. The molecule has 1 aliphatic carbocycles. The fourth-order valence-corrected chi connectivity index (χ4v) is 3.48. The lowest BCUT2D eigenvalue weighted by Crippen LogP contribution is -2.16. The van der Waals surface area contributed by atoms with Gasteiger partial charge >= 0.3 is 0 Å². The van der Waals surface area contributed by atoms with Gasteiger partial charge in [-0.2, -0.15) is 0 Å². The average molecular weight is 302 g/mol. The molecule has 3 N–H and O–H groups in total. The minimum Gasteiger partial charge on any atom is -0.330 e. The average Bonchev–Trinajstić information content (AvgIpc) is 2.57. The van der Waals surface area contributed by atoms with Crippen molar-refractivity contribution in [2.75, 3.05) is 13.6 Å². The Morgan fingerprint density at radius 3 is 2.43 bits per heavy atom. The van der Waals surface area contributed by atoms with Crippen LogP contribution in [0, 0.1) is 5.92 Å². The van der Waals surface area contributed by atoms with E-state index in [2.05, 4.69) is 47.2 Å². The minimum atomic E-state index is 0.865. The molecule has 0 atom stereocenters. The van der Waals surface area contributed by atoms with Crippen LogP contribution in [0.15, 0.2) is 47.4 Å². The first kappa shape index (κ1) is 16.3. The zero-order valence-corrected chi connectivity index (χ0v) is 13.7. The van der Waals surface area contributed by atoms with E-state index in [-0.39, 0.29) is 0 Å². The van der Waals surface area contributed by atoms with Gasteiger partial charge in [-0.25, -0.2) is 0 Å². The molecule has 1 fully saturated rings. The molecule has 0 heterocycles. The summed E-state index contributed by atoms with van der Waals surface area (Å²) in [5, 5.41) is 2.60. The first-order valence-electron chi connectivity index (χ1n) is 7.86. The van der Waals surface area contributed by atoms with Crippen LogP contribution in [0.2, 0.25) is 0 Å². The largest absolute Gasteiger partial charge is 0.330 e. The van der Waals surface area contributed by atoms with Gasteiger partial charge in [0.2, 0.25) is 0 Å². The molecule has 0 spiro atoms. The van der Waals surface area contributed by atoms with Gasteiger partial charge in [-0.15, -0.1) is 0 Å². The van der Waals surface area contributed by atoms with Crippen molar-refractivity contribution in [3.05, 3.63) is 42.5 Å². The number of nitrogens with one attached hydrogen (secondary N) is 1. The van der Waals surface area contributed by atoms with Gasteiger partial charge in [0.1, 0.15) is 0 Å². The third kappa shape index (κ3) is 5.03.